The van der Waals surface area contributed by atoms with Crippen LogP contribution in [0.25, 0.3) is 0 Å². The summed E-state index contributed by atoms with van der Waals surface area (Å²) in [6.45, 7) is 3.00. The Bertz CT molecular complexity index is 875. The molecule has 3 heterocycles. The van der Waals surface area contributed by atoms with Crippen molar-refractivity contribution in [1.29, 1.82) is 0 Å². The van der Waals surface area contributed by atoms with Crippen LogP contribution in [0.3, 0.4) is 0 Å². The molecule has 1 saturated carbocycles. The van der Waals surface area contributed by atoms with Crippen molar-refractivity contribution < 1.29 is 7.65 Å². The van der Waals surface area contributed by atoms with Crippen molar-refractivity contribution in [2.24, 2.45) is 0 Å². The molecule has 0 bridgehead atoms. The van der Waals surface area contributed by atoms with Crippen LogP contribution in [0.15, 0.2) is 12.3 Å². The number of rotatable bonds is 5. The third-order valence-electron chi connectivity index (χ3n) is 4.67. The van der Waals surface area contributed by atoms with Crippen molar-refractivity contribution in [2.45, 2.75) is 38.1 Å². The normalized spacial score (nSPS) is 19.2. The van der Waals surface area contributed by atoms with E-state index in [0.717, 1.165) is 18.7 Å². The highest BCUT2D eigenvalue weighted by atomic mass is 16.1. The molecule has 2 fully saturated rings. The number of carbonyl (C=O) groups excluding carboxylic acids is 1. The summed E-state index contributed by atoms with van der Waals surface area (Å²) in [4.78, 5) is 22.3. The van der Waals surface area contributed by atoms with Gasteiger partial charge in [-0.3, -0.25) is 9.89 Å². The molecule has 0 radical (unpaired) electrons. The second kappa shape index (κ2) is 6.67. The first-order chi connectivity index (χ1) is 12.6. The van der Waals surface area contributed by atoms with E-state index in [-0.39, 0.29) is 14.8 Å². The van der Waals surface area contributed by atoms with Gasteiger partial charge in [0.25, 0.3) is 0 Å². The van der Waals surface area contributed by atoms with Gasteiger partial charge in [0, 0.05) is 46.6 Å². The lowest BCUT2D eigenvalue weighted by Gasteiger charge is -2.17. The minimum absolute atomic E-state index is 0. The Kier molecular flexibility index (Phi) is 4.21. The number of anilines is 3. The van der Waals surface area contributed by atoms with Crippen LogP contribution in [-0.4, -0.2) is 45.2 Å². The van der Waals surface area contributed by atoms with Crippen LogP contribution in [0.4, 0.5) is 17.6 Å². The van der Waals surface area contributed by atoms with Gasteiger partial charge in [-0.25, -0.2) is 4.98 Å². The Balaban J connectivity index is 0.00000140. The van der Waals surface area contributed by atoms with Gasteiger partial charge in [-0.15, -0.1) is 6.42 Å². The van der Waals surface area contributed by atoms with Gasteiger partial charge in [0.2, 0.25) is 11.9 Å². The van der Waals surface area contributed by atoms with E-state index in [1.807, 2.05) is 11.0 Å². The van der Waals surface area contributed by atoms with Crippen molar-refractivity contribution in [1.82, 2.24) is 25.5 Å². The molecule has 0 unspecified atom stereocenters. The molecular weight excluding hydrogens is 330 g/mol. The van der Waals surface area contributed by atoms with Gasteiger partial charge >= 0.3 is 0 Å². The lowest BCUT2D eigenvalue weighted by atomic mass is 10.3. The van der Waals surface area contributed by atoms with Gasteiger partial charge in [-0.05, 0) is 19.3 Å². The fourth-order valence-electron chi connectivity index (χ4n) is 3.20. The Morgan fingerprint density at radius 2 is 2.31 bits per heavy atom. The second-order valence-electron chi connectivity index (χ2n) is 6.82. The number of nitrogens with zero attached hydrogens (tertiary/aromatic N) is 4. The van der Waals surface area contributed by atoms with Crippen molar-refractivity contribution in [3.8, 4) is 12.3 Å². The van der Waals surface area contributed by atoms with Crippen LogP contribution < -0.4 is 15.5 Å². The predicted octanol–water partition coefficient (Wildman–Crippen LogP) is 2.01. The maximum atomic E-state index is 11.2. The van der Waals surface area contributed by atoms with Crippen molar-refractivity contribution in [3.63, 3.8) is 0 Å². The van der Waals surface area contributed by atoms with Gasteiger partial charge in [-0.1, -0.05) is 5.92 Å². The second-order valence-corrected chi connectivity index (χ2v) is 6.82. The molecule has 26 heavy (non-hydrogen) atoms. The summed E-state index contributed by atoms with van der Waals surface area (Å²) in [5.74, 6) is 5.05. The highest BCUT2D eigenvalue weighted by molar-refractivity contribution is 5.73. The van der Waals surface area contributed by atoms with E-state index in [0.29, 0.717) is 35.6 Å². The van der Waals surface area contributed by atoms with E-state index in [1.54, 1.807) is 6.20 Å². The lowest BCUT2D eigenvalue weighted by molar-refractivity contribution is -0.119. The van der Waals surface area contributed by atoms with Gasteiger partial charge in [-0.2, -0.15) is 10.1 Å². The quantitative estimate of drug-likeness (QED) is 0.710. The Hall–Kier alpha value is -3.08. The third kappa shape index (κ3) is 3.47. The molecule has 1 atom stereocenters. The van der Waals surface area contributed by atoms with Gasteiger partial charge in [0.1, 0.15) is 0 Å². The van der Waals surface area contributed by atoms with Crippen molar-refractivity contribution in [2.75, 3.05) is 23.3 Å². The van der Waals surface area contributed by atoms with Gasteiger partial charge < -0.3 is 15.5 Å². The van der Waals surface area contributed by atoms with Crippen LogP contribution in [0.5, 0.6) is 0 Å². The van der Waals surface area contributed by atoms with E-state index >= 15 is 0 Å². The molecule has 2 aliphatic rings. The molecule has 2 aromatic heterocycles. The number of aromatic nitrogens is 4. The topological polar surface area (TPSA) is 98.8 Å². The molecule has 2 aromatic rings. The summed E-state index contributed by atoms with van der Waals surface area (Å²) in [6.07, 6.45) is 10.5. The smallest absolute Gasteiger partial charge is 0.227 e. The lowest BCUT2D eigenvalue weighted by Crippen LogP contribution is -2.35. The molecule has 4 rings (SSSR count). The molecule has 1 amide bonds. The van der Waals surface area contributed by atoms with Crippen LogP contribution in [0.2, 0.25) is 0 Å². The summed E-state index contributed by atoms with van der Waals surface area (Å²) in [5, 5.41) is 13.5. The number of nitrogens with one attached hydrogen (secondary N) is 3. The number of amides is 1. The molecule has 8 heteroatoms. The first-order valence-electron chi connectivity index (χ1n) is 8.80. The molecule has 138 valence electrons. The Labute approximate surface area is 154 Å². The monoisotopic (exact) mass is 355 g/mol. The molecule has 0 aromatic carbocycles. The van der Waals surface area contributed by atoms with E-state index in [4.69, 9.17) is 6.42 Å². The molecule has 3 N–H and O–H groups in total. The zero-order valence-electron chi connectivity index (χ0n) is 14.6. The predicted molar refractivity (Wildman–Crippen MR) is 102 cm³/mol. The molecule has 0 spiro atoms. The number of carbonyl (C=O) groups is 1. The van der Waals surface area contributed by atoms with Gasteiger partial charge in [0.05, 0.1) is 11.8 Å². The fourth-order valence-corrected chi connectivity index (χ4v) is 3.20. The van der Waals surface area contributed by atoms with Crippen LogP contribution in [0, 0.1) is 12.3 Å². The molecule has 1 aliphatic heterocycles. The summed E-state index contributed by atoms with van der Waals surface area (Å²) >= 11 is 0. The maximum Gasteiger partial charge on any atom is 0.227 e. The summed E-state index contributed by atoms with van der Waals surface area (Å²) < 4.78 is 0. The first kappa shape index (κ1) is 16.4. The molecule has 1 saturated heterocycles. The van der Waals surface area contributed by atoms with E-state index in [1.165, 1.54) is 19.8 Å². The van der Waals surface area contributed by atoms with Crippen molar-refractivity contribution in [3.05, 3.63) is 23.5 Å². The Morgan fingerprint density at radius 1 is 1.46 bits per heavy atom. The molecular formula is C18H25N7O. The minimum Gasteiger partial charge on any atom is -0.352 e. The van der Waals surface area contributed by atoms with Crippen LogP contribution >= 0.6 is 0 Å². The Morgan fingerprint density at radius 3 is 3.04 bits per heavy atom. The van der Waals surface area contributed by atoms with Crippen LogP contribution in [0.1, 0.15) is 46.2 Å². The number of aromatic amines is 1. The van der Waals surface area contributed by atoms with E-state index in [9.17, 15) is 4.79 Å². The molecule has 1 aliphatic carbocycles. The highest BCUT2D eigenvalue weighted by Gasteiger charge is 2.27. The number of H-pyrrole nitrogens is 1. The van der Waals surface area contributed by atoms with E-state index < -0.39 is 0 Å². The van der Waals surface area contributed by atoms with Gasteiger partial charge in [0.15, 0.2) is 11.6 Å². The SMILES string of the molecule is C#Cc1cnc(N2CC[C@@H](NC(C)=O)C2)nc1Nc1cc(C2CC2)[nH]n1.[HH].[HH]. The zero-order chi connectivity index (χ0) is 18.1. The molecule has 8 nitrogen and oxygen atoms in total. The largest absolute Gasteiger partial charge is 0.352 e. The number of hydrogen-bond donors (Lipinski definition) is 3. The summed E-state index contributed by atoms with van der Waals surface area (Å²) in [6, 6.07) is 2.12. The van der Waals surface area contributed by atoms with E-state index in [2.05, 4.69) is 36.7 Å². The van der Waals surface area contributed by atoms with Crippen LogP contribution in [-0.2, 0) is 4.79 Å². The maximum absolute atomic E-state index is 11.2. The minimum atomic E-state index is -0.0206. The third-order valence-corrected chi connectivity index (χ3v) is 4.67. The fraction of sp³-hybridized carbons (Fsp3) is 0.444. The first-order valence-corrected chi connectivity index (χ1v) is 8.80. The standard InChI is InChI=1S/C18H21N7O.2H2/c1-3-12-9-19-18(25-7-6-14(10-25)20-11(2)26)22-17(12)21-16-8-15(23-24-16)13-4-5-13;;/h1,8-9,13-14H,4-7,10H2,2H3,(H,20,26)(H2,19,21,22,23,24);2*1H/t14-;;/m1../s1. The summed E-state index contributed by atoms with van der Waals surface area (Å²) in [5.41, 5.74) is 1.73. The van der Waals surface area contributed by atoms with Crippen molar-refractivity contribution >= 4 is 23.5 Å². The summed E-state index contributed by atoms with van der Waals surface area (Å²) in [7, 11) is 0. The average Bonchev–Trinajstić information content (AvgIpc) is 3.19. The zero-order valence-corrected chi connectivity index (χ0v) is 14.6. The average molecular weight is 355 g/mol. The number of terminal acetylenes is 1. The number of hydrogen-bond acceptors (Lipinski definition) is 6. The highest BCUT2D eigenvalue weighted by Crippen LogP contribution is 2.39.